The Balaban J connectivity index is 2.08. The minimum absolute atomic E-state index is 0.560. The molecule has 3 nitrogen and oxygen atoms in total. The summed E-state index contributed by atoms with van der Waals surface area (Å²) in [4.78, 5) is 0. The quantitative estimate of drug-likeness (QED) is 0.853. The van der Waals surface area contributed by atoms with Gasteiger partial charge in [-0.05, 0) is 43.0 Å². The summed E-state index contributed by atoms with van der Waals surface area (Å²) < 4.78 is 2.08. The molecule has 0 saturated carbocycles. The van der Waals surface area contributed by atoms with Crippen molar-refractivity contribution in [2.24, 2.45) is 0 Å². The molecule has 2 rings (SSSR count). The van der Waals surface area contributed by atoms with Crippen LogP contribution in [0.15, 0.2) is 30.3 Å². The van der Waals surface area contributed by atoms with Crippen LogP contribution in [0.1, 0.15) is 50.6 Å². The summed E-state index contributed by atoms with van der Waals surface area (Å²) in [5, 5.41) is 8.09. The molecule has 0 fully saturated rings. The monoisotopic (exact) mass is 271 g/mol. The molecule has 1 aromatic carbocycles. The first-order chi connectivity index (χ1) is 9.63. The summed E-state index contributed by atoms with van der Waals surface area (Å²) in [6.07, 6.45) is 0.989. The second-order valence-electron chi connectivity index (χ2n) is 5.43. The van der Waals surface area contributed by atoms with E-state index in [0.29, 0.717) is 5.92 Å². The third-order valence-corrected chi connectivity index (χ3v) is 3.60. The summed E-state index contributed by atoms with van der Waals surface area (Å²) in [6.45, 7) is 10.5. The fourth-order valence-electron chi connectivity index (χ4n) is 2.30. The summed E-state index contributed by atoms with van der Waals surface area (Å²) in [6, 6.07) is 10.9. The Hall–Kier alpha value is -1.77. The molecule has 0 aliphatic carbocycles. The topological polar surface area (TPSA) is 29.9 Å². The van der Waals surface area contributed by atoms with Gasteiger partial charge in [-0.3, -0.25) is 4.68 Å². The fourth-order valence-corrected chi connectivity index (χ4v) is 2.30. The number of hydrogen-bond acceptors (Lipinski definition) is 2. The highest BCUT2D eigenvalue weighted by molar-refractivity contribution is 5.46. The molecule has 0 aliphatic heterocycles. The lowest BCUT2D eigenvalue weighted by Gasteiger charge is -2.11. The Bertz CT molecular complexity index is 555. The van der Waals surface area contributed by atoms with Crippen LogP contribution in [-0.4, -0.2) is 9.78 Å². The lowest BCUT2D eigenvalue weighted by molar-refractivity contribution is 0.619. The van der Waals surface area contributed by atoms with Crippen molar-refractivity contribution in [2.45, 2.75) is 53.1 Å². The molecule has 3 heteroatoms. The minimum atomic E-state index is 0.560. The molecule has 1 aromatic heterocycles. The molecule has 0 unspecified atom stereocenters. The molecule has 0 radical (unpaired) electrons. The number of benzene rings is 1. The van der Waals surface area contributed by atoms with Gasteiger partial charge in [0.15, 0.2) is 0 Å². The molecule has 1 heterocycles. The number of hydrogen-bond donors (Lipinski definition) is 1. The van der Waals surface area contributed by atoms with Crippen LogP contribution in [0.25, 0.3) is 0 Å². The van der Waals surface area contributed by atoms with Crippen LogP contribution in [0, 0.1) is 0 Å². The lowest BCUT2D eigenvalue weighted by Crippen LogP contribution is -2.08. The second kappa shape index (κ2) is 6.60. The Kier molecular flexibility index (Phi) is 4.83. The van der Waals surface area contributed by atoms with Gasteiger partial charge >= 0.3 is 0 Å². The third-order valence-electron chi connectivity index (χ3n) is 3.60. The van der Waals surface area contributed by atoms with Crippen LogP contribution in [-0.2, 0) is 19.5 Å². The number of aryl methyl sites for hydroxylation is 2. The van der Waals surface area contributed by atoms with Gasteiger partial charge in [0, 0.05) is 12.2 Å². The van der Waals surface area contributed by atoms with E-state index in [9.17, 15) is 0 Å². The average molecular weight is 271 g/mol. The van der Waals surface area contributed by atoms with E-state index in [1.807, 2.05) is 0 Å². The van der Waals surface area contributed by atoms with E-state index in [1.54, 1.807) is 0 Å². The van der Waals surface area contributed by atoms with Crippen LogP contribution in [0.2, 0.25) is 0 Å². The van der Waals surface area contributed by atoms with E-state index in [-0.39, 0.29) is 0 Å². The maximum Gasteiger partial charge on any atom is 0.0625 e. The Labute approximate surface area is 122 Å². The number of nitrogens with zero attached hydrogens (tertiary/aromatic N) is 2. The number of nitrogens with one attached hydrogen (secondary N) is 1. The molecule has 1 N–H and O–H groups in total. The average Bonchev–Trinajstić information content (AvgIpc) is 2.88. The Morgan fingerprint density at radius 1 is 1.20 bits per heavy atom. The van der Waals surface area contributed by atoms with Crippen molar-refractivity contribution >= 4 is 5.69 Å². The molecular weight excluding hydrogens is 246 g/mol. The number of anilines is 1. The third kappa shape index (κ3) is 3.41. The highest BCUT2D eigenvalue weighted by atomic mass is 15.3. The summed E-state index contributed by atoms with van der Waals surface area (Å²) in [5.41, 5.74) is 4.96. The lowest BCUT2D eigenvalue weighted by atomic mass is 10.0. The van der Waals surface area contributed by atoms with Gasteiger partial charge < -0.3 is 5.32 Å². The van der Waals surface area contributed by atoms with Gasteiger partial charge in [-0.2, -0.15) is 5.10 Å². The predicted octanol–water partition coefficient (Wildman–Crippen LogP) is 4.20. The van der Waals surface area contributed by atoms with Gasteiger partial charge in [0.25, 0.3) is 0 Å². The normalized spacial score (nSPS) is 11.1. The van der Waals surface area contributed by atoms with Gasteiger partial charge in [0.2, 0.25) is 0 Å². The molecule has 0 aliphatic rings. The highest BCUT2D eigenvalue weighted by Gasteiger charge is 2.06. The molecule has 0 atom stereocenters. The highest BCUT2D eigenvalue weighted by Crippen LogP contribution is 2.19. The fraction of sp³-hybridized carbons (Fsp3) is 0.471. The van der Waals surface area contributed by atoms with Gasteiger partial charge in [0.1, 0.15) is 0 Å². The van der Waals surface area contributed by atoms with E-state index in [1.165, 1.54) is 22.6 Å². The second-order valence-corrected chi connectivity index (χ2v) is 5.43. The van der Waals surface area contributed by atoms with Crippen molar-refractivity contribution in [1.82, 2.24) is 9.78 Å². The Morgan fingerprint density at radius 3 is 2.65 bits per heavy atom. The van der Waals surface area contributed by atoms with Gasteiger partial charge in [-0.25, -0.2) is 0 Å². The van der Waals surface area contributed by atoms with E-state index in [2.05, 4.69) is 73.1 Å². The summed E-state index contributed by atoms with van der Waals surface area (Å²) in [7, 11) is 0. The zero-order valence-corrected chi connectivity index (χ0v) is 13.0. The first-order valence-electron chi connectivity index (χ1n) is 7.53. The first kappa shape index (κ1) is 14.6. The molecule has 20 heavy (non-hydrogen) atoms. The largest absolute Gasteiger partial charge is 0.379 e. The molecule has 0 bridgehead atoms. The van der Waals surface area contributed by atoms with Gasteiger partial charge in [0.05, 0.1) is 17.9 Å². The Morgan fingerprint density at radius 2 is 2.00 bits per heavy atom. The maximum atomic E-state index is 4.58. The standard InChI is InChI=1S/C17H25N3/c1-5-15-11-17(20(6-2)19-15)12-18-16-9-7-8-14(10-16)13(3)4/h7-11,13,18H,5-6,12H2,1-4H3. The summed E-state index contributed by atoms with van der Waals surface area (Å²) >= 11 is 0. The smallest absolute Gasteiger partial charge is 0.0625 e. The maximum absolute atomic E-state index is 4.58. The molecule has 0 spiro atoms. The van der Waals surface area contributed by atoms with Crippen molar-refractivity contribution in [1.29, 1.82) is 0 Å². The predicted molar refractivity (Wildman–Crippen MR) is 85.1 cm³/mol. The van der Waals surface area contributed by atoms with E-state index in [4.69, 9.17) is 0 Å². The van der Waals surface area contributed by atoms with Crippen molar-refractivity contribution < 1.29 is 0 Å². The van der Waals surface area contributed by atoms with Crippen LogP contribution in [0.4, 0.5) is 5.69 Å². The van der Waals surface area contributed by atoms with E-state index in [0.717, 1.165) is 19.5 Å². The van der Waals surface area contributed by atoms with Gasteiger partial charge in [-0.15, -0.1) is 0 Å². The number of aromatic nitrogens is 2. The van der Waals surface area contributed by atoms with Crippen LogP contribution >= 0.6 is 0 Å². The van der Waals surface area contributed by atoms with Crippen molar-refractivity contribution in [3.05, 3.63) is 47.3 Å². The SMILES string of the molecule is CCc1cc(CNc2cccc(C(C)C)c2)n(CC)n1. The minimum Gasteiger partial charge on any atom is -0.379 e. The zero-order chi connectivity index (χ0) is 14.5. The van der Waals surface area contributed by atoms with Crippen LogP contribution in [0.5, 0.6) is 0 Å². The van der Waals surface area contributed by atoms with Crippen LogP contribution < -0.4 is 5.32 Å². The summed E-state index contributed by atoms with van der Waals surface area (Å²) in [5.74, 6) is 0.560. The van der Waals surface area contributed by atoms with Crippen molar-refractivity contribution in [2.75, 3.05) is 5.32 Å². The molecule has 2 aromatic rings. The zero-order valence-electron chi connectivity index (χ0n) is 13.0. The molecule has 108 valence electrons. The van der Waals surface area contributed by atoms with Gasteiger partial charge in [-0.1, -0.05) is 32.9 Å². The molecular formula is C17H25N3. The van der Waals surface area contributed by atoms with Crippen molar-refractivity contribution in [3.8, 4) is 0 Å². The van der Waals surface area contributed by atoms with E-state index >= 15 is 0 Å². The molecule has 0 amide bonds. The van der Waals surface area contributed by atoms with E-state index < -0.39 is 0 Å². The van der Waals surface area contributed by atoms with Crippen molar-refractivity contribution in [3.63, 3.8) is 0 Å². The molecule has 0 saturated heterocycles. The number of rotatable bonds is 6. The van der Waals surface area contributed by atoms with Crippen LogP contribution in [0.3, 0.4) is 0 Å². The first-order valence-corrected chi connectivity index (χ1v) is 7.53.